The highest BCUT2D eigenvalue weighted by molar-refractivity contribution is 5.92. The number of ether oxygens (including phenoxy) is 2. The highest BCUT2D eigenvalue weighted by Crippen LogP contribution is 2.30. The van der Waals surface area contributed by atoms with Crippen molar-refractivity contribution in [3.63, 3.8) is 0 Å². The quantitative estimate of drug-likeness (QED) is 0.947. The molecule has 4 nitrogen and oxygen atoms in total. The van der Waals surface area contributed by atoms with E-state index in [-0.39, 0.29) is 18.1 Å². The van der Waals surface area contributed by atoms with Crippen LogP contribution in [0.4, 0.5) is 10.1 Å². The van der Waals surface area contributed by atoms with Crippen LogP contribution in [0.25, 0.3) is 0 Å². The first-order chi connectivity index (χ1) is 10.7. The van der Waals surface area contributed by atoms with Crippen molar-refractivity contribution in [3.05, 3.63) is 53.8 Å². The van der Waals surface area contributed by atoms with Crippen LogP contribution in [0.1, 0.15) is 12.0 Å². The summed E-state index contributed by atoms with van der Waals surface area (Å²) in [7, 11) is 0. The van der Waals surface area contributed by atoms with Crippen molar-refractivity contribution in [1.82, 2.24) is 0 Å². The minimum atomic E-state index is -0.332. The van der Waals surface area contributed by atoms with Crippen LogP contribution in [0.2, 0.25) is 0 Å². The lowest BCUT2D eigenvalue weighted by molar-refractivity contribution is -0.115. The van der Waals surface area contributed by atoms with E-state index in [1.165, 1.54) is 24.3 Å². The average Bonchev–Trinajstić information content (AvgIpc) is 2.74. The van der Waals surface area contributed by atoms with Gasteiger partial charge >= 0.3 is 0 Å². The molecule has 1 amide bonds. The third-order valence-corrected chi connectivity index (χ3v) is 3.30. The molecule has 0 saturated heterocycles. The van der Waals surface area contributed by atoms with E-state index in [9.17, 15) is 9.18 Å². The summed E-state index contributed by atoms with van der Waals surface area (Å²) in [5, 5.41) is 2.73. The van der Waals surface area contributed by atoms with Crippen LogP contribution in [0.15, 0.2) is 42.5 Å². The van der Waals surface area contributed by atoms with Crippen molar-refractivity contribution in [2.75, 3.05) is 18.5 Å². The van der Waals surface area contributed by atoms with Crippen molar-refractivity contribution in [3.8, 4) is 11.5 Å². The fourth-order valence-electron chi connectivity index (χ4n) is 2.24. The summed E-state index contributed by atoms with van der Waals surface area (Å²) in [5.74, 6) is 0.881. The maximum absolute atomic E-state index is 12.8. The Bertz CT molecular complexity index is 670. The molecule has 0 aliphatic carbocycles. The third-order valence-electron chi connectivity index (χ3n) is 3.30. The van der Waals surface area contributed by atoms with Gasteiger partial charge in [-0.15, -0.1) is 0 Å². The van der Waals surface area contributed by atoms with E-state index in [0.29, 0.717) is 30.4 Å². The van der Waals surface area contributed by atoms with Gasteiger partial charge in [-0.1, -0.05) is 6.07 Å². The van der Waals surface area contributed by atoms with E-state index in [2.05, 4.69) is 5.32 Å². The highest BCUT2D eigenvalue weighted by atomic mass is 19.1. The Morgan fingerprint density at radius 1 is 1.05 bits per heavy atom. The van der Waals surface area contributed by atoms with E-state index in [0.717, 1.165) is 12.0 Å². The molecule has 1 aliphatic heterocycles. The SMILES string of the molecule is O=C(Cc1ccc2c(c1)OCCCO2)Nc1ccc(F)cc1. The molecule has 0 radical (unpaired) electrons. The molecule has 0 fully saturated rings. The molecule has 0 atom stereocenters. The van der Waals surface area contributed by atoms with Crippen LogP contribution in [-0.4, -0.2) is 19.1 Å². The molecule has 2 aromatic rings. The second-order valence-electron chi connectivity index (χ2n) is 5.06. The zero-order valence-corrected chi connectivity index (χ0v) is 12.0. The summed E-state index contributed by atoms with van der Waals surface area (Å²) in [6.07, 6.45) is 1.06. The van der Waals surface area contributed by atoms with Crippen LogP contribution >= 0.6 is 0 Å². The van der Waals surface area contributed by atoms with E-state index >= 15 is 0 Å². The molecule has 0 bridgehead atoms. The molecule has 1 aliphatic rings. The minimum absolute atomic E-state index is 0.166. The van der Waals surface area contributed by atoms with Gasteiger partial charge in [0.25, 0.3) is 0 Å². The van der Waals surface area contributed by atoms with Gasteiger partial charge in [-0.25, -0.2) is 4.39 Å². The molecular formula is C17H16FNO3. The van der Waals surface area contributed by atoms with Crippen molar-refractivity contribution in [2.45, 2.75) is 12.8 Å². The smallest absolute Gasteiger partial charge is 0.228 e. The number of benzene rings is 2. The average molecular weight is 301 g/mol. The topological polar surface area (TPSA) is 47.6 Å². The molecule has 22 heavy (non-hydrogen) atoms. The standard InChI is InChI=1S/C17H16FNO3/c18-13-3-5-14(6-4-13)19-17(20)11-12-2-7-15-16(10-12)22-9-1-8-21-15/h2-7,10H,1,8-9,11H2,(H,19,20). The van der Waals surface area contributed by atoms with Crippen LogP contribution in [0.5, 0.6) is 11.5 Å². The van der Waals surface area contributed by atoms with Crippen LogP contribution in [-0.2, 0) is 11.2 Å². The molecule has 0 aromatic heterocycles. The zero-order chi connectivity index (χ0) is 15.4. The first-order valence-electron chi connectivity index (χ1n) is 7.15. The number of nitrogens with one attached hydrogen (secondary N) is 1. The molecule has 3 rings (SSSR count). The van der Waals surface area contributed by atoms with Crippen molar-refractivity contribution < 1.29 is 18.7 Å². The lowest BCUT2D eigenvalue weighted by Gasteiger charge is -2.09. The first kappa shape index (κ1) is 14.4. The Labute approximate surface area is 127 Å². The van der Waals surface area contributed by atoms with Gasteiger partial charge in [0.2, 0.25) is 5.91 Å². The lowest BCUT2D eigenvalue weighted by atomic mass is 10.1. The van der Waals surface area contributed by atoms with Crippen LogP contribution in [0, 0.1) is 5.82 Å². The monoisotopic (exact) mass is 301 g/mol. The number of carbonyl (C=O) groups is 1. The molecule has 1 heterocycles. The number of fused-ring (bicyclic) bond motifs is 1. The predicted molar refractivity (Wildman–Crippen MR) is 80.8 cm³/mol. The number of amides is 1. The van der Waals surface area contributed by atoms with E-state index in [4.69, 9.17) is 9.47 Å². The summed E-state index contributed by atoms with van der Waals surface area (Å²) in [4.78, 5) is 12.0. The molecule has 5 heteroatoms. The molecule has 114 valence electrons. The van der Waals surface area contributed by atoms with Crippen molar-refractivity contribution in [2.24, 2.45) is 0 Å². The number of anilines is 1. The van der Waals surface area contributed by atoms with Crippen molar-refractivity contribution >= 4 is 11.6 Å². The Hall–Kier alpha value is -2.56. The van der Waals surface area contributed by atoms with E-state index < -0.39 is 0 Å². The summed E-state index contributed by atoms with van der Waals surface area (Å²) in [6, 6.07) is 11.2. The largest absolute Gasteiger partial charge is 0.490 e. The molecule has 1 N–H and O–H groups in total. The van der Waals surface area contributed by atoms with Gasteiger partial charge in [0.1, 0.15) is 5.82 Å². The Balaban J connectivity index is 1.66. The van der Waals surface area contributed by atoms with Gasteiger partial charge in [-0.2, -0.15) is 0 Å². The Kier molecular flexibility index (Phi) is 4.23. The van der Waals surface area contributed by atoms with Gasteiger partial charge in [-0.3, -0.25) is 4.79 Å². The normalized spacial score (nSPS) is 13.3. The van der Waals surface area contributed by atoms with Gasteiger partial charge in [0.05, 0.1) is 19.6 Å². The Morgan fingerprint density at radius 2 is 1.77 bits per heavy atom. The second-order valence-corrected chi connectivity index (χ2v) is 5.06. The summed E-state index contributed by atoms with van der Waals surface area (Å²) in [5.41, 5.74) is 1.41. The van der Waals surface area contributed by atoms with Gasteiger partial charge in [-0.05, 0) is 42.0 Å². The number of rotatable bonds is 3. The maximum atomic E-state index is 12.8. The maximum Gasteiger partial charge on any atom is 0.228 e. The van der Waals surface area contributed by atoms with E-state index in [1.807, 2.05) is 18.2 Å². The van der Waals surface area contributed by atoms with Gasteiger partial charge in [0.15, 0.2) is 11.5 Å². The van der Waals surface area contributed by atoms with Crippen LogP contribution < -0.4 is 14.8 Å². The number of hydrogen-bond acceptors (Lipinski definition) is 3. The number of hydrogen-bond donors (Lipinski definition) is 1. The number of halogens is 1. The lowest BCUT2D eigenvalue weighted by Crippen LogP contribution is -2.14. The highest BCUT2D eigenvalue weighted by Gasteiger charge is 2.12. The summed E-state index contributed by atoms with van der Waals surface area (Å²) < 4.78 is 24.0. The Morgan fingerprint density at radius 3 is 2.55 bits per heavy atom. The molecule has 0 unspecified atom stereocenters. The first-order valence-corrected chi connectivity index (χ1v) is 7.15. The molecule has 0 spiro atoms. The third kappa shape index (κ3) is 3.55. The zero-order valence-electron chi connectivity index (χ0n) is 12.0. The number of carbonyl (C=O) groups excluding carboxylic acids is 1. The molecular weight excluding hydrogens is 285 g/mol. The van der Waals surface area contributed by atoms with Gasteiger partial charge < -0.3 is 14.8 Å². The van der Waals surface area contributed by atoms with Crippen LogP contribution in [0.3, 0.4) is 0 Å². The summed E-state index contributed by atoms with van der Waals surface area (Å²) in [6.45, 7) is 1.25. The van der Waals surface area contributed by atoms with Gasteiger partial charge in [0, 0.05) is 12.1 Å². The van der Waals surface area contributed by atoms with Crippen molar-refractivity contribution in [1.29, 1.82) is 0 Å². The minimum Gasteiger partial charge on any atom is -0.490 e. The fourth-order valence-corrected chi connectivity index (χ4v) is 2.24. The van der Waals surface area contributed by atoms with E-state index in [1.54, 1.807) is 0 Å². The fraction of sp³-hybridized carbons (Fsp3) is 0.235. The summed E-state index contributed by atoms with van der Waals surface area (Å²) >= 11 is 0. The predicted octanol–water partition coefficient (Wildman–Crippen LogP) is 3.17. The second kappa shape index (κ2) is 6.47. The molecule has 2 aromatic carbocycles. The molecule has 0 saturated carbocycles.